The summed E-state index contributed by atoms with van der Waals surface area (Å²) in [4.78, 5) is 0.648. The highest BCUT2D eigenvalue weighted by Crippen LogP contribution is 2.21. The predicted molar refractivity (Wildman–Crippen MR) is 64.4 cm³/mol. The maximum absolute atomic E-state index is 11.9. The quantitative estimate of drug-likeness (QED) is 0.824. The van der Waals surface area contributed by atoms with Gasteiger partial charge in [0.15, 0.2) is 0 Å². The van der Waals surface area contributed by atoms with Gasteiger partial charge in [0.2, 0.25) is 10.0 Å². The van der Waals surface area contributed by atoms with Gasteiger partial charge >= 0.3 is 0 Å². The first-order valence-electron chi connectivity index (χ1n) is 5.39. The highest BCUT2D eigenvalue weighted by atomic mass is 32.2. The topological polar surface area (TPSA) is 75.6 Å². The molecule has 1 aliphatic rings. The molecule has 0 saturated carbocycles. The second kappa shape index (κ2) is 5.45. The van der Waals surface area contributed by atoms with Crippen LogP contribution < -0.4 is 4.72 Å². The number of aliphatic hydroxyl groups is 1. The van der Waals surface area contributed by atoms with Gasteiger partial charge in [0.25, 0.3) is 0 Å². The summed E-state index contributed by atoms with van der Waals surface area (Å²) >= 11 is 1.09. The lowest BCUT2D eigenvalue weighted by atomic mass is 10.1. The number of nitrogens with one attached hydrogen (secondary N) is 1. The molecule has 2 N–H and O–H groups in total. The van der Waals surface area contributed by atoms with Crippen LogP contribution in [0, 0.1) is 5.92 Å². The van der Waals surface area contributed by atoms with E-state index in [2.05, 4.69) is 4.72 Å². The van der Waals surface area contributed by atoms with Gasteiger partial charge < -0.3 is 9.84 Å². The summed E-state index contributed by atoms with van der Waals surface area (Å²) in [6.45, 7) is 1.61. The molecular formula is C10H15NO4S2. The third kappa shape index (κ3) is 3.26. The van der Waals surface area contributed by atoms with Crippen LogP contribution in [0.5, 0.6) is 0 Å². The van der Waals surface area contributed by atoms with Crippen LogP contribution in [-0.2, 0) is 21.4 Å². The average Bonchev–Trinajstić information content (AvgIpc) is 2.98. The molecule has 1 aromatic rings. The van der Waals surface area contributed by atoms with E-state index in [0.29, 0.717) is 24.6 Å². The van der Waals surface area contributed by atoms with Crippen molar-refractivity contribution >= 4 is 21.4 Å². The van der Waals surface area contributed by atoms with Gasteiger partial charge in [0.1, 0.15) is 4.21 Å². The number of hydrogen-bond donors (Lipinski definition) is 2. The summed E-state index contributed by atoms with van der Waals surface area (Å²) in [6.07, 6.45) is 0.898. The molecule has 1 aromatic heterocycles. The summed E-state index contributed by atoms with van der Waals surface area (Å²) in [7, 11) is -3.44. The van der Waals surface area contributed by atoms with Gasteiger partial charge in [0, 0.05) is 18.0 Å². The summed E-state index contributed by atoms with van der Waals surface area (Å²) in [5, 5.41) is 8.90. The van der Waals surface area contributed by atoms with Crippen molar-refractivity contribution in [1.29, 1.82) is 0 Å². The first-order valence-corrected chi connectivity index (χ1v) is 7.69. The Morgan fingerprint density at radius 2 is 2.35 bits per heavy atom. The van der Waals surface area contributed by atoms with Crippen LogP contribution in [0.25, 0.3) is 0 Å². The number of aliphatic hydroxyl groups excluding tert-OH is 1. The molecule has 2 rings (SSSR count). The number of thiophene rings is 1. The molecule has 96 valence electrons. The summed E-state index contributed by atoms with van der Waals surface area (Å²) in [5.41, 5.74) is 0. The fourth-order valence-corrected chi connectivity index (χ4v) is 4.01. The molecule has 2 heterocycles. The van der Waals surface area contributed by atoms with E-state index in [4.69, 9.17) is 9.84 Å². The molecule has 1 fully saturated rings. The van der Waals surface area contributed by atoms with Crippen molar-refractivity contribution < 1.29 is 18.3 Å². The van der Waals surface area contributed by atoms with Gasteiger partial charge in [-0.1, -0.05) is 0 Å². The van der Waals surface area contributed by atoms with Crippen LogP contribution in [0.15, 0.2) is 16.3 Å². The normalized spacial score (nSPS) is 20.9. The Morgan fingerprint density at radius 3 is 2.94 bits per heavy atom. The molecule has 1 aliphatic heterocycles. The van der Waals surface area contributed by atoms with Gasteiger partial charge in [-0.3, -0.25) is 0 Å². The highest BCUT2D eigenvalue weighted by molar-refractivity contribution is 7.91. The second-order valence-electron chi connectivity index (χ2n) is 3.96. The highest BCUT2D eigenvalue weighted by Gasteiger charge is 2.21. The lowest BCUT2D eigenvalue weighted by Gasteiger charge is -2.08. The molecule has 5 nitrogen and oxygen atoms in total. The Balaban J connectivity index is 1.97. The minimum atomic E-state index is -3.44. The zero-order valence-corrected chi connectivity index (χ0v) is 10.9. The molecule has 0 bridgehead atoms. The van der Waals surface area contributed by atoms with Crippen LogP contribution >= 0.6 is 11.3 Å². The molecular weight excluding hydrogens is 262 g/mol. The molecule has 1 atom stereocenters. The maximum atomic E-state index is 11.9. The average molecular weight is 277 g/mol. The zero-order chi connectivity index (χ0) is 12.3. The fraction of sp³-hybridized carbons (Fsp3) is 0.600. The van der Waals surface area contributed by atoms with Crippen molar-refractivity contribution in [2.24, 2.45) is 5.92 Å². The predicted octanol–water partition coefficient (Wildman–Crippen LogP) is 0.555. The first kappa shape index (κ1) is 13.0. The largest absolute Gasteiger partial charge is 0.391 e. The first-order chi connectivity index (χ1) is 8.12. The standard InChI is InChI=1S/C10H15NO4S2/c12-6-9-1-2-10(16-9)17(13,14)11-5-8-3-4-15-7-8/h1-2,8,11-12H,3-7H2. The van der Waals surface area contributed by atoms with Gasteiger partial charge in [-0.15, -0.1) is 11.3 Å². The lowest BCUT2D eigenvalue weighted by Crippen LogP contribution is -2.29. The van der Waals surface area contributed by atoms with Gasteiger partial charge in [0.05, 0.1) is 13.2 Å². The van der Waals surface area contributed by atoms with Crippen LogP contribution in [0.3, 0.4) is 0 Å². The third-order valence-electron chi connectivity index (χ3n) is 2.64. The maximum Gasteiger partial charge on any atom is 0.250 e. The molecule has 17 heavy (non-hydrogen) atoms. The second-order valence-corrected chi connectivity index (χ2v) is 7.12. The SMILES string of the molecule is O=S(=O)(NCC1CCOC1)c1ccc(CO)s1. The Bertz CT molecular complexity index is 462. The van der Waals surface area contributed by atoms with E-state index in [1.807, 2.05) is 0 Å². The lowest BCUT2D eigenvalue weighted by molar-refractivity contribution is 0.186. The van der Waals surface area contributed by atoms with Gasteiger partial charge in [-0.05, 0) is 24.5 Å². The molecule has 1 saturated heterocycles. The Kier molecular flexibility index (Phi) is 4.16. The minimum absolute atomic E-state index is 0.128. The van der Waals surface area contributed by atoms with Crippen molar-refractivity contribution in [3.05, 3.63) is 17.0 Å². The number of hydrogen-bond acceptors (Lipinski definition) is 5. The van der Waals surface area contributed by atoms with Crippen LogP contribution in [0.1, 0.15) is 11.3 Å². The molecule has 0 aliphatic carbocycles. The fourth-order valence-electron chi connectivity index (χ4n) is 1.63. The van der Waals surface area contributed by atoms with Gasteiger partial charge in [-0.2, -0.15) is 0 Å². The Labute approximate surface area is 104 Å². The molecule has 7 heteroatoms. The summed E-state index contributed by atoms with van der Waals surface area (Å²) in [5.74, 6) is 0.266. The van der Waals surface area contributed by atoms with Crippen molar-refractivity contribution in [2.45, 2.75) is 17.2 Å². The molecule has 1 unspecified atom stereocenters. The number of rotatable bonds is 5. The molecule has 0 spiro atoms. The Morgan fingerprint density at radius 1 is 1.53 bits per heavy atom. The van der Waals surface area contributed by atoms with E-state index in [1.54, 1.807) is 6.07 Å². The summed E-state index contributed by atoms with van der Waals surface area (Å²) < 4.78 is 31.8. The van der Waals surface area contributed by atoms with E-state index in [1.165, 1.54) is 6.07 Å². The Hall–Kier alpha value is -0.470. The number of sulfonamides is 1. The third-order valence-corrected chi connectivity index (χ3v) is 5.63. The molecule has 0 amide bonds. The van der Waals surface area contributed by atoms with E-state index in [0.717, 1.165) is 17.8 Å². The van der Waals surface area contributed by atoms with E-state index < -0.39 is 10.0 Å². The van der Waals surface area contributed by atoms with E-state index in [9.17, 15) is 8.42 Å². The van der Waals surface area contributed by atoms with Crippen molar-refractivity contribution in [3.63, 3.8) is 0 Å². The minimum Gasteiger partial charge on any atom is -0.391 e. The van der Waals surface area contributed by atoms with Crippen molar-refractivity contribution in [3.8, 4) is 0 Å². The van der Waals surface area contributed by atoms with Crippen LogP contribution in [0.4, 0.5) is 0 Å². The number of ether oxygens (including phenoxy) is 1. The zero-order valence-electron chi connectivity index (χ0n) is 9.26. The summed E-state index contributed by atoms with van der Waals surface area (Å²) in [6, 6.07) is 3.14. The smallest absolute Gasteiger partial charge is 0.250 e. The molecule has 0 aromatic carbocycles. The van der Waals surface area contributed by atoms with E-state index >= 15 is 0 Å². The molecule has 0 radical (unpaired) electrons. The van der Waals surface area contributed by atoms with E-state index in [-0.39, 0.29) is 16.7 Å². The van der Waals surface area contributed by atoms with Crippen molar-refractivity contribution in [2.75, 3.05) is 19.8 Å². The van der Waals surface area contributed by atoms with Crippen LogP contribution in [0.2, 0.25) is 0 Å². The van der Waals surface area contributed by atoms with Crippen LogP contribution in [-0.4, -0.2) is 33.3 Å². The van der Waals surface area contributed by atoms with Crippen molar-refractivity contribution in [1.82, 2.24) is 4.72 Å². The van der Waals surface area contributed by atoms with Gasteiger partial charge in [-0.25, -0.2) is 13.1 Å². The monoisotopic (exact) mass is 277 g/mol.